The highest BCUT2D eigenvalue weighted by Gasteiger charge is 2.53. The highest BCUT2D eigenvalue weighted by Crippen LogP contribution is 2.51. The number of ether oxygens (including phenoxy) is 1. The van der Waals surface area contributed by atoms with Crippen LogP contribution >= 0.6 is 0 Å². The molecule has 2 aliphatic rings. The van der Waals surface area contributed by atoms with Crippen molar-refractivity contribution in [3.8, 4) is 0 Å². The van der Waals surface area contributed by atoms with Crippen molar-refractivity contribution in [2.45, 2.75) is 65.1 Å². The largest absolute Gasteiger partial charge is 0.458 e. The van der Waals surface area contributed by atoms with Crippen molar-refractivity contribution in [1.29, 1.82) is 0 Å². The van der Waals surface area contributed by atoms with E-state index in [1.807, 2.05) is 19.9 Å². The fraction of sp³-hybridized carbons (Fsp3) is 0.824. The van der Waals surface area contributed by atoms with E-state index in [4.69, 9.17) is 4.74 Å². The van der Waals surface area contributed by atoms with Gasteiger partial charge in [-0.1, -0.05) is 19.9 Å². The van der Waals surface area contributed by atoms with Crippen molar-refractivity contribution >= 4 is 5.97 Å². The maximum Gasteiger partial charge on any atom is 0.303 e. The van der Waals surface area contributed by atoms with Crippen LogP contribution in [0.1, 0.15) is 47.0 Å². The second-order valence-corrected chi connectivity index (χ2v) is 7.07. The van der Waals surface area contributed by atoms with Gasteiger partial charge in [-0.15, -0.1) is 0 Å². The van der Waals surface area contributed by atoms with Gasteiger partial charge in [0.05, 0.1) is 5.60 Å². The molecule has 1 fully saturated rings. The van der Waals surface area contributed by atoms with Gasteiger partial charge in [-0.25, -0.2) is 8.78 Å². The highest BCUT2D eigenvalue weighted by atomic mass is 19.3. The molecule has 2 rings (SSSR count). The maximum atomic E-state index is 13.2. The number of carbonyl (C=O) groups is 1. The molecular weight excluding hydrogens is 290 g/mol. The molecule has 0 aromatic carbocycles. The molecule has 0 aliphatic heterocycles. The summed E-state index contributed by atoms with van der Waals surface area (Å²) in [4.78, 5) is 11.2. The fourth-order valence-corrected chi connectivity index (χ4v) is 4.14. The average Bonchev–Trinajstić information content (AvgIpc) is 2.41. The zero-order chi connectivity index (χ0) is 16.7. The Hall–Kier alpha value is -0.970. The van der Waals surface area contributed by atoms with E-state index < -0.39 is 24.0 Å². The van der Waals surface area contributed by atoms with Gasteiger partial charge in [0.1, 0.15) is 6.10 Å². The van der Waals surface area contributed by atoms with Crippen molar-refractivity contribution in [2.75, 3.05) is 0 Å². The van der Waals surface area contributed by atoms with E-state index in [0.717, 1.165) is 5.57 Å². The standard InChI is InChI=1S/C17H26F2O3/c1-9-7-14-13(11(3)16(18)19)6-5-10(2)17(14,21)8-15(9)22-12(4)20/h7,10-11,13-16,21H,5-6,8H2,1-4H3/t10-,11+,13+,14-,15-,17-/m1/s1. The number of rotatable bonds is 3. The van der Waals surface area contributed by atoms with Gasteiger partial charge in [0.15, 0.2) is 0 Å². The van der Waals surface area contributed by atoms with Gasteiger partial charge in [-0.2, -0.15) is 0 Å². The minimum absolute atomic E-state index is 0.000954. The van der Waals surface area contributed by atoms with Crippen molar-refractivity contribution < 1.29 is 23.4 Å². The lowest BCUT2D eigenvalue weighted by Gasteiger charge is -2.52. The number of halogens is 2. The molecule has 3 nitrogen and oxygen atoms in total. The van der Waals surface area contributed by atoms with Crippen molar-refractivity contribution in [3.05, 3.63) is 11.6 Å². The number of fused-ring (bicyclic) bond motifs is 1. The Labute approximate surface area is 130 Å². The minimum atomic E-state index is -2.39. The van der Waals surface area contributed by atoms with Gasteiger partial charge in [0.2, 0.25) is 6.43 Å². The molecule has 0 heterocycles. The number of alkyl halides is 2. The third-order valence-corrected chi connectivity index (χ3v) is 5.67. The van der Waals surface area contributed by atoms with Crippen LogP contribution in [0.15, 0.2) is 11.6 Å². The van der Waals surface area contributed by atoms with Gasteiger partial charge in [0.25, 0.3) is 0 Å². The Morgan fingerprint density at radius 1 is 1.45 bits per heavy atom. The third kappa shape index (κ3) is 3.05. The lowest BCUT2D eigenvalue weighted by atomic mass is 9.57. The molecule has 1 N–H and O–H groups in total. The van der Waals surface area contributed by atoms with Crippen LogP contribution in [0, 0.1) is 23.7 Å². The monoisotopic (exact) mass is 316 g/mol. The molecule has 2 aliphatic carbocycles. The summed E-state index contributed by atoms with van der Waals surface area (Å²) in [6.45, 7) is 6.70. The molecule has 0 unspecified atom stereocenters. The second kappa shape index (κ2) is 6.26. The number of hydrogen-bond acceptors (Lipinski definition) is 3. The van der Waals surface area contributed by atoms with Gasteiger partial charge in [0, 0.05) is 25.2 Å². The predicted molar refractivity (Wildman–Crippen MR) is 79.4 cm³/mol. The van der Waals surface area contributed by atoms with Crippen LogP contribution in [-0.2, 0) is 9.53 Å². The Bertz CT molecular complexity index is 463. The number of esters is 1. The summed E-state index contributed by atoms with van der Waals surface area (Å²) >= 11 is 0. The first-order valence-corrected chi connectivity index (χ1v) is 8.03. The van der Waals surface area contributed by atoms with Gasteiger partial charge >= 0.3 is 5.97 Å². The highest BCUT2D eigenvalue weighted by molar-refractivity contribution is 5.66. The molecular formula is C17H26F2O3. The summed E-state index contributed by atoms with van der Waals surface area (Å²) in [5.41, 5.74) is -0.225. The zero-order valence-electron chi connectivity index (χ0n) is 13.7. The molecule has 0 radical (unpaired) electrons. The van der Waals surface area contributed by atoms with E-state index in [1.165, 1.54) is 6.92 Å². The first kappa shape index (κ1) is 17.4. The Morgan fingerprint density at radius 2 is 2.09 bits per heavy atom. The molecule has 0 bridgehead atoms. The molecule has 0 saturated heterocycles. The number of carbonyl (C=O) groups excluding carboxylic acids is 1. The van der Waals surface area contributed by atoms with Crippen LogP contribution in [-0.4, -0.2) is 29.2 Å². The van der Waals surface area contributed by atoms with Crippen LogP contribution < -0.4 is 0 Å². The summed E-state index contributed by atoms with van der Waals surface area (Å²) in [6.07, 6.45) is 0.740. The number of aliphatic hydroxyl groups is 1. The van der Waals surface area contributed by atoms with E-state index in [1.54, 1.807) is 6.92 Å². The molecule has 126 valence electrons. The van der Waals surface area contributed by atoms with Gasteiger partial charge in [-0.05, 0) is 37.2 Å². The van der Waals surface area contributed by atoms with Crippen LogP contribution in [0.25, 0.3) is 0 Å². The smallest absolute Gasteiger partial charge is 0.303 e. The summed E-state index contributed by atoms with van der Waals surface area (Å²) in [7, 11) is 0. The quantitative estimate of drug-likeness (QED) is 0.639. The van der Waals surface area contributed by atoms with E-state index >= 15 is 0 Å². The van der Waals surface area contributed by atoms with Crippen LogP contribution in [0.3, 0.4) is 0 Å². The van der Waals surface area contributed by atoms with Crippen LogP contribution in [0.5, 0.6) is 0 Å². The summed E-state index contributed by atoms with van der Waals surface area (Å²) in [5, 5.41) is 11.2. The molecule has 0 aromatic heterocycles. The first-order valence-electron chi connectivity index (χ1n) is 8.03. The Balaban J connectivity index is 2.34. The van der Waals surface area contributed by atoms with Crippen molar-refractivity contribution in [2.24, 2.45) is 23.7 Å². The van der Waals surface area contributed by atoms with Crippen LogP contribution in [0.4, 0.5) is 8.78 Å². The lowest BCUT2D eigenvalue weighted by Crippen LogP contribution is -2.56. The first-order chi connectivity index (χ1) is 10.2. The summed E-state index contributed by atoms with van der Waals surface area (Å²) in [5.74, 6) is -1.68. The van der Waals surface area contributed by atoms with E-state index in [-0.39, 0.29) is 23.7 Å². The van der Waals surface area contributed by atoms with Crippen LogP contribution in [0.2, 0.25) is 0 Å². The molecule has 0 spiro atoms. The predicted octanol–water partition coefficient (Wildman–Crippen LogP) is 3.56. The molecule has 22 heavy (non-hydrogen) atoms. The second-order valence-electron chi connectivity index (χ2n) is 7.07. The van der Waals surface area contributed by atoms with Gasteiger partial charge in [-0.3, -0.25) is 4.79 Å². The molecule has 0 aromatic rings. The molecule has 6 atom stereocenters. The number of hydrogen-bond donors (Lipinski definition) is 1. The third-order valence-electron chi connectivity index (χ3n) is 5.67. The SMILES string of the molecule is CC(=O)O[C@@H]1C[C@@]2(O)[C@H](C)CC[C@@H]([C@H](C)C(F)F)[C@H]2C=C1C. The van der Waals surface area contributed by atoms with E-state index in [9.17, 15) is 18.7 Å². The van der Waals surface area contributed by atoms with Crippen molar-refractivity contribution in [1.82, 2.24) is 0 Å². The normalized spacial score (nSPS) is 39.9. The topological polar surface area (TPSA) is 46.5 Å². The fourth-order valence-electron chi connectivity index (χ4n) is 4.14. The van der Waals surface area contributed by atoms with Crippen molar-refractivity contribution in [3.63, 3.8) is 0 Å². The molecule has 0 amide bonds. The zero-order valence-corrected chi connectivity index (χ0v) is 13.7. The summed E-state index contributed by atoms with van der Waals surface area (Å²) in [6, 6.07) is 0. The Morgan fingerprint density at radius 3 is 2.64 bits per heavy atom. The van der Waals surface area contributed by atoms with Gasteiger partial charge < -0.3 is 9.84 Å². The van der Waals surface area contributed by atoms with E-state index in [0.29, 0.717) is 19.3 Å². The van der Waals surface area contributed by atoms with E-state index in [2.05, 4.69) is 0 Å². The molecule has 5 heteroatoms. The Kier molecular flexibility index (Phi) is 4.95. The lowest BCUT2D eigenvalue weighted by molar-refractivity contribution is -0.161. The summed E-state index contributed by atoms with van der Waals surface area (Å²) < 4.78 is 31.6. The molecule has 1 saturated carbocycles. The maximum absolute atomic E-state index is 13.2. The average molecular weight is 316 g/mol. The minimum Gasteiger partial charge on any atom is -0.458 e.